The monoisotopic (exact) mass is 573 g/mol. The second kappa shape index (κ2) is 10.5. The van der Waals surface area contributed by atoms with Gasteiger partial charge in [-0.1, -0.05) is 0 Å². The van der Waals surface area contributed by atoms with Gasteiger partial charge >= 0.3 is 0 Å². The Bertz CT molecular complexity index is 1690. The normalized spacial score (nSPS) is 17.4. The molecule has 2 atom stereocenters. The molecule has 5 rings (SSSR count). The molecule has 0 spiro atoms. The Morgan fingerprint density at radius 2 is 1.77 bits per heavy atom. The molecule has 1 amide bonds. The summed E-state index contributed by atoms with van der Waals surface area (Å²) >= 11 is 0. The number of halogens is 2. The summed E-state index contributed by atoms with van der Waals surface area (Å²) in [6.07, 6.45) is -0.949. The maximum absolute atomic E-state index is 16.2. The van der Waals surface area contributed by atoms with Crippen LogP contribution in [0.4, 0.5) is 14.5 Å². The summed E-state index contributed by atoms with van der Waals surface area (Å²) < 4.78 is 72.8. The van der Waals surface area contributed by atoms with Gasteiger partial charge in [0.25, 0.3) is 5.91 Å². The number of aliphatic hydroxyl groups excluding tert-OH is 1. The molecular formula is C27H25F2N3O7S. The molecule has 0 bridgehead atoms. The van der Waals surface area contributed by atoms with E-state index < -0.39 is 52.0 Å². The molecule has 0 radical (unpaired) electrons. The molecule has 40 heavy (non-hydrogen) atoms. The largest absolute Gasteiger partial charge is 0.457 e. The Morgan fingerprint density at radius 1 is 1.15 bits per heavy atom. The van der Waals surface area contributed by atoms with Crippen molar-refractivity contribution in [3.05, 3.63) is 71.4 Å². The van der Waals surface area contributed by atoms with Gasteiger partial charge in [0.05, 0.1) is 31.2 Å². The highest BCUT2D eigenvalue weighted by atomic mass is 32.2. The van der Waals surface area contributed by atoms with Crippen molar-refractivity contribution in [2.45, 2.75) is 19.1 Å². The fourth-order valence-electron chi connectivity index (χ4n) is 4.52. The lowest BCUT2D eigenvalue weighted by Crippen LogP contribution is -2.38. The number of amides is 1. The topological polar surface area (TPSA) is 131 Å². The Labute approximate surface area is 228 Å². The first-order chi connectivity index (χ1) is 19.0. The third-order valence-corrected chi connectivity index (χ3v) is 7.52. The van der Waals surface area contributed by atoms with E-state index in [9.17, 15) is 22.7 Å². The van der Waals surface area contributed by atoms with Crippen LogP contribution in [0.2, 0.25) is 0 Å². The Balaban J connectivity index is 1.66. The van der Waals surface area contributed by atoms with Gasteiger partial charge in [0.15, 0.2) is 11.4 Å². The van der Waals surface area contributed by atoms with Crippen LogP contribution in [-0.2, 0) is 14.8 Å². The van der Waals surface area contributed by atoms with Crippen LogP contribution >= 0.6 is 0 Å². The van der Waals surface area contributed by atoms with Gasteiger partial charge in [-0.2, -0.15) is 0 Å². The number of aliphatic hydroxyl groups is 1. The highest BCUT2D eigenvalue weighted by molar-refractivity contribution is 7.92. The Morgan fingerprint density at radius 3 is 2.35 bits per heavy atom. The molecule has 1 aliphatic heterocycles. The van der Waals surface area contributed by atoms with Crippen molar-refractivity contribution in [1.29, 1.82) is 0 Å². The number of anilines is 1. The maximum atomic E-state index is 16.2. The second-order valence-corrected chi connectivity index (χ2v) is 11.1. The smallest absolute Gasteiger partial charge is 0.257 e. The average Bonchev–Trinajstić information content (AvgIpc) is 3.24. The van der Waals surface area contributed by atoms with Crippen molar-refractivity contribution < 1.29 is 41.0 Å². The Kier molecular flexibility index (Phi) is 7.21. The average molecular weight is 574 g/mol. The summed E-state index contributed by atoms with van der Waals surface area (Å²) in [6.45, 7) is 0.699. The van der Waals surface area contributed by atoms with Gasteiger partial charge in [-0.15, -0.1) is 0 Å². The molecule has 2 N–H and O–H groups in total. The van der Waals surface area contributed by atoms with Crippen molar-refractivity contribution in [1.82, 2.24) is 10.3 Å². The molecule has 2 aromatic carbocycles. The fraction of sp³-hybridized carbons (Fsp3) is 0.259. The minimum absolute atomic E-state index is 0.00181. The molecule has 0 aliphatic carbocycles. The number of benzene rings is 2. The van der Waals surface area contributed by atoms with Gasteiger partial charge in [0.1, 0.15) is 45.9 Å². The summed E-state index contributed by atoms with van der Waals surface area (Å²) in [7, 11) is -2.63. The van der Waals surface area contributed by atoms with Gasteiger partial charge in [-0.25, -0.2) is 22.2 Å². The number of carbonyl (C=O) groups is 1. The lowest BCUT2D eigenvalue weighted by molar-refractivity contribution is -0.0242. The lowest BCUT2D eigenvalue weighted by atomic mass is 10.1. The van der Waals surface area contributed by atoms with Gasteiger partial charge in [-0.3, -0.25) is 9.10 Å². The number of fused-ring (bicyclic) bond motifs is 2. The first-order valence-corrected chi connectivity index (χ1v) is 14.0. The number of pyridine rings is 1. The van der Waals surface area contributed by atoms with Crippen LogP contribution < -0.4 is 14.4 Å². The first kappa shape index (κ1) is 27.5. The molecule has 1 aliphatic rings. The van der Waals surface area contributed by atoms with Crippen LogP contribution in [0.15, 0.2) is 52.9 Å². The predicted octanol–water partition coefficient (Wildman–Crippen LogP) is 4.14. The zero-order chi connectivity index (χ0) is 28.8. The molecule has 0 saturated carbocycles. The molecular weight excluding hydrogens is 548 g/mol. The molecule has 0 saturated heterocycles. The minimum Gasteiger partial charge on any atom is -0.457 e. The number of hydrogen-bond acceptors (Lipinski definition) is 8. The van der Waals surface area contributed by atoms with E-state index >= 15 is 4.39 Å². The van der Waals surface area contributed by atoms with Crippen LogP contribution in [0.1, 0.15) is 29.1 Å². The van der Waals surface area contributed by atoms with Gasteiger partial charge in [0.2, 0.25) is 10.0 Å². The molecule has 210 valence electrons. The first-order valence-electron chi connectivity index (χ1n) is 12.2. The maximum Gasteiger partial charge on any atom is 0.257 e. The summed E-state index contributed by atoms with van der Waals surface area (Å²) in [6, 6.07) is 11.8. The number of ether oxygens (including phenoxy) is 2. The van der Waals surface area contributed by atoms with Crippen LogP contribution in [-0.4, -0.2) is 57.0 Å². The van der Waals surface area contributed by atoms with Crippen molar-refractivity contribution in [3.63, 3.8) is 0 Å². The van der Waals surface area contributed by atoms with Crippen molar-refractivity contribution in [2.24, 2.45) is 0 Å². The number of rotatable bonds is 6. The van der Waals surface area contributed by atoms with E-state index in [0.717, 1.165) is 10.6 Å². The van der Waals surface area contributed by atoms with E-state index in [4.69, 9.17) is 13.9 Å². The minimum atomic E-state index is -4.02. The predicted molar refractivity (Wildman–Crippen MR) is 142 cm³/mol. The Hall–Kier alpha value is -4.07. The highest BCUT2D eigenvalue weighted by Crippen LogP contribution is 2.42. The molecule has 4 aromatic rings. The number of furan rings is 1. The second-order valence-electron chi connectivity index (χ2n) is 9.18. The number of hydrogen-bond donors (Lipinski definition) is 2. The third kappa shape index (κ3) is 4.98. The summed E-state index contributed by atoms with van der Waals surface area (Å²) in [5.74, 6) is -1.22. The molecule has 13 heteroatoms. The molecule has 3 heterocycles. The van der Waals surface area contributed by atoms with E-state index in [0.29, 0.717) is 17.1 Å². The van der Waals surface area contributed by atoms with Crippen molar-refractivity contribution >= 4 is 32.7 Å². The van der Waals surface area contributed by atoms with Gasteiger partial charge < -0.3 is 24.3 Å². The van der Waals surface area contributed by atoms with Crippen LogP contribution in [0.25, 0.3) is 22.4 Å². The molecule has 2 aromatic heterocycles. The van der Waals surface area contributed by atoms with Crippen molar-refractivity contribution in [3.8, 4) is 22.8 Å². The van der Waals surface area contributed by atoms with E-state index in [-0.39, 0.29) is 34.8 Å². The van der Waals surface area contributed by atoms with E-state index in [1.54, 1.807) is 31.2 Å². The molecule has 0 fully saturated rings. The fourth-order valence-corrected chi connectivity index (χ4v) is 5.46. The number of nitrogens with zero attached hydrogens (tertiary/aromatic N) is 2. The van der Waals surface area contributed by atoms with Gasteiger partial charge in [-0.05, 0) is 55.5 Å². The summed E-state index contributed by atoms with van der Waals surface area (Å²) in [5, 5.41) is 12.2. The standard InChI is InChI=1S/C27H25F2N3O7S/c1-14-22-24(32(40(3,35)36)12-19(13-33)37-14)21(29)26-23(31-22)20(27(34)30-2)25(39-26)15-4-8-17(9-5-15)38-18-10-6-16(28)7-11-18/h4-11,14,19,33H,12-13H2,1-3H3,(H,30,34)/t14-,19-/m0/s1. The van der Waals surface area contributed by atoms with Crippen LogP contribution in [0.5, 0.6) is 11.5 Å². The SMILES string of the molecule is CNC(=O)c1c(-c2ccc(Oc3ccc(F)cc3)cc2)oc2c(F)c3c(nc12)[C@H](C)O[C@H](CO)CN3S(C)(=O)=O. The zero-order valence-electron chi connectivity index (χ0n) is 21.6. The van der Waals surface area contributed by atoms with Crippen molar-refractivity contribution in [2.75, 3.05) is 30.8 Å². The van der Waals surface area contributed by atoms with E-state index in [1.165, 1.54) is 31.3 Å². The summed E-state index contributed by atoms with van der Waals surface area (Å²) in [5.41, 5.74) is -0.641. The number of nitrogens with one attached hydrogen (secondary N) is 1. The summed E-state index contributed by atoms with van der Waals surface area (Å²) in [4.78, 5) is 17.5. The lowest BCUT2D eigenvalue weighted by Gasteiger charge is -2.24. The molecule has 0 unspecified atom stereocenters. The number of carbonyl (C=O) groups excluding carboxylic acids is 1. The number of aromatic nitrogens is 1. The van der Waals surface area contributed by atoms with Crippen LogP contribution in [0.3, 0.4) is 0 Å². The van der Waals surface area contributed by atoms with E-state index in [1.807, 2.05) is 0 Å². The van der Waals surface area contributed by atoms with Gasteiger partial charge in [0, 0.05) is 12.6 Å². The van der Waals surface area contributed by atoms with E-state index in [2.05, 4.69) is 10.3 Å². The quantitative estimate of drug-likeness (QED) is 0.352. The molecule has 10 nitrogen and oxygen atoms in total. The highest BCUT2D eigenvalue weighted by Gasteiger charge is 2.38. The number of sulfonamides is 1. The third-order valence-electron chi connectivity index (χ3n) is 6.39. The van der Waals surface area contributed by atoms with Crippen LogP contribution in [0, 0.1) is 11.6 Å². The zero-order valence-corrected chi connectivity index (χ0v) is 22.5.